The zero-order valence-corrected chi connectivity index (χ0v) is 15.9. The van der Waals surface area contributed by atoms with Crippen molar-refractivity contribution in [3.8, 4) is 0 Å². The Bertz CT molecular complexity index is 386. The first-order chi connectivity index (χ1) is 11.7. The Kier molecular flexibility index (Phi) is 21.8. The maximum Gasteiger partial charge on any atom is 0.0713 e. The van der Waals surface area contributed by atoms with Crippen molar-refractivity contribution >= 4 is 0 Å². The van der Waals surface area contributed by atoms with Gasteiger partial charge in [-0.25, -0.2) is 0 Å². The third kappa shape index (κ3) is 18.4. The summed E-state index contributed by atoms with van der Waals surface area (Å²) in [6.07, 6.45) is 1.25. The van der Waals surface area contributed by atoms with E-state index in [0.717, 1.165) is 0 Å². The average Bonchev–Trinajstić information content (AvgIpc) is 2.59. The molecule has 0 atom stereocenters. The summed E-state index contributed by atoms with van der Waals surface area (Å²) in [4.78, 5) is 0. The summed E-state index contributed by atoms with van der Waals surface area (Å²) in [5.74, 6) is 0. The molecular weight excluding hydrogens is 300 g/mol. The van der Waals surface area contributed by atoms with Gasteiger partial charge in [-0.15, -0.1) is 0 Å². The smallest absolute Gasteiger partial charge is 0.0713 e. The van der Waals surface area contributed by atoms with E-state index in [2.05, 4.69) is 13.8 Å². The van der Waals surface area contributed by atoms with Crippen LogP contribution in [-0.4, -0.2) is 25.9 Å². The summed E-state index contributed by atoms with van der Waals surface area (Å²) in [6.45, 7) is 7.60. The molecule has 0 radical (unpaired) electrons. The van der Waals surface area contributed by atoms with Crippen molar-refractivity contribution in [3.05, 3.63) is 71.8 Å². The van der Waals surface area contributed by atoms with E-state index in [4.69, 9.17) is 14.6 Å². The van der Waals surface area contributed by atoms with Gasteiger partial charge in [0.05, 0.1) is 13.2 Å². The predicted molar refractivity (Wildman–Crippen MR) is 103 cm³/mol. The van der Waals surface area contributed by atoms with Crippen molar-refractivity contribution in [2.45, 2.75) is 40.4 Å². The first-order valence-electron chi connectivity index (χ1n) is 8.36. The molecule has 0 spiro atoms. The SMILES string of the molecule is CCC.CCO.COCc1ccccc1.COCc1ccccc1. The van der Waals surface area contributed by atoms with Gasteiger partial charge in [-0.1, -0.05) is 80.9 Å². The molecule has 0 heterocycles. The highest BCUT2D eigenvalue weighted by Gasteiger charge is 1.85. The average molecular weight is 335 g/mol. The minimum Gasteiger partial charge on any atom is -0.397 e. The van der Waals surface area contributed by atoms with E-state index < -0.39 is 0 Å². The standard InChI is InChI=1S/2C8H10O.C3H8.C2H6O/c2*1-9-7-8-5-3-2-4-6-8;1-3-2;1-2-3/h2*2-6H,7H2,1H3;3H2,1-2H3;3H,2H2,1H3. The Hall–Kier alpha value is -1.68. The van der Waals surface area contributed by atoms with E-state index in [1.807, 2.05) is 60.7 Å². The molecular formula is C21H34O3. The number of ether oxygens (including phenoxy) is 2. The molecule has 0 saturated carbocycles. The molecule has 0 unspecified atom stereocenters. The normalized spacial score (nSPS) is 8.58. The Labute approximate surface area is 148 Å². The maximum atomic E-state index is 7.57. The fourth-order valence-electron chi connectivity index (χ4n) is 1.48. The monoisotopic (exact) mass is 334 g/mol. The van der Waals surface area contributed by atoms with Crippen LogP contribution in [0.3, 0.4) is 0 Å². The number of hydrogen-bond acceptors (Lipinski definition) is 3. The molecule has 1 N–H and O–H groups in total. The lowest BCUT2D eigenvalue weighted by molar-refractivity contribution is 0.185. The molecule has 0 aliphatic carbocycles. The molecule has 0 aliphatic heterocycles. The summed E-state index contributed by atoms with van der Waals surface area (Å²) >= 11 is 0. The molecule has 136 valence electrons. The second-order valence-electron chi connectivity index (χ2n) is 4.86. The molecule has 2 rings (SSSR count). The lowest BCUT2D eigenvalue weighted by Crippen LogP contribution is -1.84. The van der Waals surface area contributed by atoms with Crippen LogP contribution < -0.4 is 0 Å². The highest BCUT2D eigenvalue weighted by Crippen LogP contribution is 1.98. The van der Waals surface area contributed by atoms with Gasteiger partial charge in [0.1, 0.15) is 0 Å². The third-order valence-corrected chi connectivity index (χ3v) is 2.31. The van der Waals surface area contributed by atoms with E-state index in [9.17, 15) is 0 Å². The summed E-state index contributed by atoms with van der Waals surface area (Å²) in [6, 6.07) is 20.2. The van der Waals surface area contributed by atoms with Crippen LogP contribution in [0.4, 0.5) is 0 Å². The summed E-state index contributed by atoms with van der Waals surface area (Å²) < 4.78 is 9.86. The predicted octanol–water partition coefficient (Wildman–Crippen LogP) is 5.08. The van der Waals surface area contributed by atoms with Gasteiger partial charge < -0.3 is 14.6 Å². The highest BCUT2D eigenvalue weighted by atomic mass is 16.5. The largest absolute Gasteiger partial charge is 0.397 e. The number of benzene rings is 2. The van der Waals surface area contributed by atoms with Gasteiger partial charge in [0, 0.05) is 20.8 Å². The molecule has 0 bridgehead atoms. The molecule has 24 heavy (non-hydrogen) atoms. The number of aliphatic hydroxyl groups excluding tert-OH is 1. The van der Waals surface area contributed by atoms with Crippen LogP contribution in [0.15, 0.2) is 60.7 Å². The summed E-state index contributed by atoms with van der Waals surface area (Å²) in [5, 5.41) is 7.57. The van der Waals surface area contributed by atoms with Crippen molar-refractivity contribution in [1.82, 2.24) is 0 Å². The minimum atomic E-state index is 0.250. The van der Waals surface area contributed by atoms with Gasteiger partial charge in [-0.3, -0.25) is 0 Å². The zero-order chi connectivity index (χ0) is 18.5. The second kappa shape index (κ2) is 21.3. The highest BCUT2D eigenvalue weighted by molar-refractivity contribution is 5.13. The molecule has 0 saturated heterocycles. The first-order valence-corrected chi connectivity index (χ1v) is 8.36. The van der Waals surface area contributed by atoms with Crippen LogP contribution in [0.1, 0.15) is 38.3 Å². The van der Waals surface area contributed by atoms with Crippen LogP contribution in [0.25, 0.3) is 0 Å². The van der Waals surface area contributed by atoms with E-state index in [-0.39, 0.29) is 6.61 Å². The molecule has 0 aliphatic rings. The van der Waals surface area contributed by atoms with Crippen LogP contribution >= 0.6 is 0 Å². The molecule has 3 nitrogen and oxygen atoms in total. The molecule has 0 fully saturated rings. The molecule has 2 aromatic carbocycles. The van der Waals surface area contributed by atoms with E-state index >= 15 is 0 Å². The number of aliphatic hydroxyl groups is 1. The number of methoxy groups -OCH3 is 2. The Morgan fingerprint density at radius 1 is 0.667 bits per heavy atom. The van der Waals surface area contributed by atoms with Gasteiger partial charge >= 0.3 is 0 Å². The van der Waals surface area contributed by atoms with Crippen molar-refractivity contribution in [2.75, 3.05) is 20.8 Å². The Balaban J connectivity index is 0. The van der Waals surface area contributed by atoms with Gasteiger partial charge in [0.15, 0.2) is 0 Å². The summed E-state index contributed by atoms with van der Waals surface area (Å²) in [7, 11) is 3.40. The molecule has 0 aromatic heterocycles. The molecule has 3 heteroatoms. The van der Waals surface area contributed by atoms with Gasteiger partial charge in [0.2, 0.25) is 0 Å². The lowest BCUT2D eigenvalue weighted by atomic mass is 10.2. The fourth-order valence-corrected chi connectivity index (χ4v) is 1.48. The van der Waals surface area contributed by atoms with Crippen molar-refractivity contribution in [1.29, 1.82) is 0 Å². The van der Waals surface area contributed by atoms with E-state index in [0.29, 0.717) is 13.2 Å². The van der Waals surface area contributed by atoms with Crippen LogP contribution in [-0.2, 0) is 22.7 Å². The van der Waals surface area contributed by atoms with Crippen molar-refractivity contribution in [2.24, 2.45) is 0 Å². The minimum absolute atomic E-state index is 0.250. The van der Waals surface area contributed by atoms with Gasteiger partial charge in [-0.2, -0.15) is 0 Å². The second-order valence-corrected chi connectivity index (χ2v) is 4.86. The fraction of sp³-hybridized carbons (Fsp3) is 0.429. The van der Waals surface area contributed by atoms with Crippen molar-refractivity contribution in [3.63, 3.8) is 0 Å². The van der Waals surface area contributed by atoms with E-state index in [1.165, 1.54) is 17.5 Å². The zero-order valence-electron chi connectivity index (χ0n) is 15.9. The van der Waals surface area contributed by atoms with Crippen LogP contribution in [0, 0.1) is 0 Å². The van der Waals surface area contributed by atoms with Crippen LogP contribution in [0.5, 0.6) is 0 Å². The third-order valence-electron chi connectivity index (χ3n) is 2.31. The first kappa shape index (κ1) is 24.6. The van der Waals surface area contributed by atoms with Gasteiger partial charge in [0.25, 0.3) is 0 Å². The maximum absolute atomic E-state index is 7.57. The Morgan fingerprint density at radius 3 is 1.12 bits per heavy atom. The number of hydrogen-bond donors (Lipinski definition) is 1. The quantitative estimate of drug-likeness (QED) is 0.847. The van der Waals surface area contributed by atoms with Gasteiger partial charge in [-0.05, 0) is 18.1 Å². The van der Waals surface area contributed by atoms with Crippen molar-refractivity contribution < 1.29 is 14.6 Å². The molecule has 0 amide bonds. The Morgan fingerprint density at radius 2 is 0.917 bits per heavy atom. The lowest BCUT2D eigenvalue weighted by Gasteiger charge is -1.95. The van der Waals surface area contributed by atoms with Crippen LogP contribution in [0.2, 0.25) is 0 Å². The topological polar surface area (TPSA) is 38.7 Å². The van der Waals surface area contributed by atoms with E-state index in [1.54, 1.807) is 21.1 Å². The number of rotatable bonds is 4. The summed E-state index contributed by atoms with van der Waals surface area (Å²) in [5.41, 5.74) is 2.44. The molecule has 2 aromatic rings.